The molecule has 32 heavy (non-hydrogen) atoms. The Labute approximate surface area is 190 Å². The molecule has 0 aliphatic carbocycles. The van der Waals surface area contributed by atoms with Crippen LogP contribution in [0.25, 0.3) is 0 Å². The number of nitrogens with zero attached hydrogens (tertiary/aromatic N) is 2. The lowest BCUT2D eigenvalue weighted by atomic mass is 10.1. The van der Waals surface area contributed by atoms with E-state index in [1.165, 1.54) is 0 Å². The Bertz CT molecular complexity index is 982. The first-order valence-corrected chi connectivity index (χ1v) is 11.3. The first kappa shape index (κ1) is 22.0. The zero-order valence-corrected chi connectivity index (χ0v) is 18.6. The van der Waals surface area contributed by atoms with Crippen LogP contribution >= 0.6 is 0 Å². The Morgan fingerprint density at radius 2 is 1.91 bits per heavy atom. The van der Waals surface area contributed by atoms with Crippen LogP contribution in [-0.2, 0) is 17.7 Å². The van der Waals surface area contributed by atoms with Gasteiger partial charge in [0.2, 0.25) is 0 Å². The van der Waals surface area contributed by atoms with Crippen molar-refractivity contribution in [3.05, 3.63) is 95.3 Å². The molecule has 0 radical (unpaired) electrons. The summed E-state index contributed by atoms with van der Waals surface area (Å²) in [4.78, 5) is 19.4. The predicted octanol–water partition coefficient (Wildman–Crippen LogP) is 4.83. The Balaban J connectivity index is 1.38. The molecule has 1 aliphatic rings. The van der Waals surface area contributed by atoms with Gasteiger partial charge in [-0.2, -0.15) is 0 Å². The number of aromatic nitrogens is 1. The first-order valence-electron chi connectivity index (χ1n) is 11.3. The highest BCUT2D eigenvalue weighted by Crippen LogP contribution is 2.19. The number of amides is 1. The van der Waals surface area contributed by atoms with Gasteiger partial charge in [0.1, 0.15) is 5.75 Å². The SMILES string of the molecule is Cc1ccc(C(=O)N(Cc2ccc(OCCc3ccccn3)cc2)C[C@@H]2CCCO2)cc1. The van der Waals surface area contributed by atoms with Gasteiger partial charge < -0.3 is 14.4 Å². The fourth-order valence-corrected chi connectivity index (χ4v) is 3.86. The molecule has 2 aromatic carbocycles. The Morgan fingerprint density at radius 3 is 2.59 bits per heavy atom. The fourth-order valence-electron chi connectivity index (χ4n) is 3.86. The molecule has 5 heteroatoms. The number of pyridine rings is 1. The van der Waals surface area contributed by atoms with Crippen LogP contribution in [-0.4, -0.2) is 41.7 Å². The van der Waals surface area contributed by atoms with Gasteiger partial charge in [-0.1, -0.05) is 35.9 Å². The van der Waals surface area contributed by atoms with E-state index < -0.39 is 0 Å². The Kier molecular flexibility index (Phi) is 7.51. The number of ether oxygens (including phenoxy) is 2. The highest BCUT2D eigenvalue weighted by Gasteiger charge is 2.23. The van der Waals surface area contributed by atoms with Gasteiger partial charge in [0.25, 0.3) is 5.91 Å². The van der Waals surface area contributed by atoms with Crippen LogP contribution in [0.1, 0.15) is 40.0 Å². The molecule has 0 N–H and O–H groups in total. The molecule has 166 valence electrons. The molecule has 5 nitrogen and oxygen atoms in total. The second-order valence-corrected chi connectivity index (χ2v) is 8.25. The fraction of sp³-hybridized carbons (Fsp3) is 0.333. The number of benzene rings is 2. The van der Waals surface area contributed by atoms with Crippen LogP contribution in [0.2, 0.25) is 0 Å². The van der Waals surface area contributed by atoms with E-state index in [0.29, 0.717) is 25.3 Å². The van der Waals surface area contributed by atoms with Crippen molar-refractivity contribution in [3.8, 4) is 5.75 Å². The maximum atomic E-state index is 13.2. The zero-order valence-electron chi connectivity index (χ0n) is 18.6. The molecule has 0 saturated carbocycles. The summed E-state index contributed by atoms with van der Waals surface area (Å²) >= 11 is 0. The second kappa shape index (κ2) is 10.9. The molecule has 2 heterocycles. The smallest absolute Gasteiger partial charge is 0.254 e. The third-order valence-corrected chi connectivity index (χ3v) is 5.68. The topological polar surface area (TPSA) is 51.7 Å². The van der Waals surface area contributed by atoms with Gasteiger partial charge in [0.15, 0.2) is 0 Å². The van der Waals surface area contributed by atoms with Crippen molar-refractivity contribution in [1.29, 1.82) is 0 Å². The van der Waals surface area contributed by atoms with Crippen molar-refractivity contribution in [2.24, 2.45) is 0 Å². The largest absolute Gasteiger partial charge is 0.493 e. The Morgan fingerprint density at radius 1 is 1.09 bits per heavy atom. The van der Waals surface area contributed by atoms with Crippen molar-refractivity contribution in [3.63, 3.8) is 0 Å². The molecular formula is C27H30N2O3. The highest BCUT2D eigenvalue weighted by atomic mass is 16.5. The lowest BCUT2D eigenvalue weighted by Crippen LogP contribution is -2.37. The third kappa shape index (κ3) is 6.17. The van der Waals surface area contributed by atoms with Gasteiger partial charge in [0, 0.05) is 43.6 Å². The lowest BCUT2D eigenvalue weighted by Gasteiger charge is -2.26. The minimum atomic E-state index is 0.0381. The van der Waals surface area contributed by atoms with E-state index in [2.05, 4.69) is 4.98 Å². The molecule has 0 bridgehead atoms. The quantitative estimate of drug-likeness (QED) is 0.488. The van der Waals surface area contributed by atoms with Crippen molar-refractivity contribution < 1.29 is 14.3 Å². The number of carbonyl (C=O) groups excluding carboxylic acids is 1. The lowest BCUT2D eigenvalue weighted by molar-refractivity contribution is 0.0507. The van der Waals surface area contributed by atoms with E-state index in [-0.39, 0.29) is 12.0 Å². The van der Waals surface area contributed by atoms with Crippen LogP contribution in [0.4, 0.5) is 0 Å². The summed E-state index contributed by atoms with van der Waals surface area (Å²) in [5, 5.41) is 0. The van der Waals surface area contributed by atoms with E-state index in [4.69, 9.17) is 9.47 Å². The van der Waals surface area contributed by atoms with Gasteiger partial charge in [0.05, 0.1) is 12.7 Å². The summed E-state index contributed by atoms with van der Waals surface area (Å²) in [7, 11) is 0. The van der Waals surface area contributed by atoms with Crippen molar-refractivity contribution in [1.82, 2.24) is 9.88 Å². The molecule has 1 atom stereocenters. The van der Waals surface area contributed by atoms with Gasteiger partial charge in [-0.25, -0.2) is 0 Å². The summed E-state index contributed by atoms with van der Waals surface area (Å²) in [5.41, 5.74) is 3.94. The second-order valence-electron chi connectivity index (χ2n) is 8.25. The molecule has 0 spiro atoms. The minimum Gasteiger partial charge on any atom is -0.493 e. The standard InChI is InChI=1S/C27H30N2O3/c1-21-7-11-23(12-8-21)27(30)29(20-26-6-4-17-31-26)19-22-9-13-25(14-10-22)32-18-15-24-5-2-3-16-28-24/h2-3,5,7-14,16,26H,4,6,15,17-20H2,1H3/t26-/m0/s1. The number of hydrogen-bond acceptors (Lipinski definition) is 4. The van der Waals surface area contributed by atoms with Gasteiger partial charge >= 0.3 is 0 Å². The van der Waals surface area contributed by atoms with Crippen LogP contribution < -0.4 is 4.74 Å². The van der Waals surface area contributed by atoms with E-state index in [0.717, 1.165) is 48.4 Å². The normalized spacial score (nSPS) is 15.5. The maximum absolute atomic E-state index is 13.2. The predicted molar refractivity (Wildman–Crippen MR) is 125 cm³/mol. The van der Waals surface area contributed by atoms with Crippen molar-refractivity contribution >= 4 is 5.91 Å². The summed E-state index contributed by atoms with van der Waals surface area (Å²) in [5.74, 6) is 0.858. The van der Waals surface area contributed by atoms with Crippen LogP contribution in [0.5, 0.6) is 5.75 Å². The van der Waals surface area contributed by atoms with Gasteiger partial charge in [-0.05, 0) is 61.7 Å². The van der Waals surface area contributed by atoms with Crippen LogP contribution in [0.15, 0.2) is 72.9 Å². The molecule has 1 aromatic heterocycles. The molecule has 3 aromatic rings. The summed E-state index contributed by atoms with van der Waals surface area (Å²) < 4.78 is 11.7. The monoisotopic (exact) mass is 430 g/mol. The molecule has 0 unspecified atom stereocenters. The number of rotatable bonds is 9. The molecule has 4 rings (SSSR count). The molecule has 1 fully saturated rings. The summed E-state index contributed by atoms with van der Waals surface area (Å²) in [6.07, 6.45) is 4.73. The number of carbonyl (C=O) groups is 1. The molecule has 1 saturated heterocycles. The summed E-state index contributed by atoms with van der Waals surface area (Å²) in [6, 6.07) is 21.7. The van der Waals surface area contributed by atoms with Crippen LogP contribution in [0.3, 0.4) is 0 Å². The third-order valence-electron chi connectivity index (χ3n) is 5.68. The maximum Gasteiger partial charge on any atom is 0.254 e. The zero-order chi connectivity index (χ0) is 22.2. The van der Waals surface area contributed by atoms with Crippen molar-refractivity contribution in [2.75, 3.05) is 19.8 Å². The van der Waals surface area contributed by atoms with Gasteiger partial charge in [-0.3, -0.25) is 9.78 Å². The summed E-state index contributed by atoms with van der Waals surface area (Å²) in [6.45, 7) is 4.53. The van der Waals surface area contributed by atoms with Crippen molar-refractivity contribution in [2.45, 2.75) is 38.8 Å². The Hall–Kier alpha value is -3.18. The minimum absolute atomic E-state index is 0.0381. The first-order chi connectivity index (χ1) is 15.7. The van der Waals surface area contributed by atoms with E-state index in [1.807, 2.05) is 78.6 Å². The van der Waals surface area contributed by atoms with E-state index in [9.17, 15) is 4.79 Å². The van der Waals surface area contributed by atoms with E-state index in [1.54, 1.807) is 6.20 Å². The number of hydrogen-bond donors (Lipinski definition) is 0. The van der Waals surface area contributed by atoms with Gasteiger partial charge in [-0.15, -0.1) is 0 Å². The molecular weight excluding hydrogens is 400 g/mol. The highest BCUT2D eigenvalue weighted by molar-refractivity contribution is 5.94. The number of aryl methyl sites for hydroxylation is 1. The molecule has 1 amide bonds. The average molecular weight is 431 g/mol. The average Bonchev–Trinajstić information content (AvgIpc) is 3.34. The van der Waals surface area contributed by atoms with E-state index >= 15 is 0 Å². The van der Waals surface area contributed by atoms with Crippen LogP contribution in [0, 0.1) is 6.92 Å². The molecule has 1 aliphatic heterocycles.